The number of nitrogens with two attached hydrogens (primary N) is 1. The first-order chi connectivity index (χ1) is 9.29. The molecule has 20 heavy (non-hydrogen) atoms. The maximum absolute atomic E-state index is 12.4. The fraction of sp³-hybridized carbons (Fsp3) is 0.562. The molecule has 0 aromatic heterocycles. The van der Waals surface area contributed by atoms with Gasteiger partial charge in [0, 0.05) is 12.6 Å². The Balaban J connectivity index is 2.39. The van der Waals surface area contributed by atoms with Crippen LogP contribution in [0.15, 0.2) is 18.2 Å². The molecule has 1 atom stereocenters. The van der Waals surface area contributed by atoms with Crippen LogP contribution in [0.3, 0.4) is 0 Å². The second-order valence-corrected chi connectivity index (χ2v) is 6.38. The molecule has 4 nitrogen and oxygen atoms in total. The van der Waals surface area contributed by atoms with Crippen molar-refractivity contribution in [2.24, 2.45) is 5.73 Å². The van der Waals surface area contributed by atoms with E-state index in [1.165, 1.54) is 5.56 Å². The number of para-hydroxylation sites is 1. The van der Waals surface area contributed by atoms with Gasteiger partial charge in [0.2, 0.25) is 0 Å². The second-order valence-electron chi connectivity index (χ2n) is 6.38. The Kier molecular flexibility index (Phi) is 4.04. The average Bonchev–Trinajstić information content (AvgIpc) is 2.35. The van der Waals surface area contributed by atoms with Gasteiger partial charge in [0.25, 0.3) is 0 Å². The first kappa shape index (κ1) is 14.9. The Morgan fingerprint density at radius 2 is 2.10 bits per heavy atom. The van der Waals surface area contributed by atoms with E-state index >= 15 is 0 Å². The van der Waals surface area contributed by atoms with Gasteiger partial charge in [0.05, 0.1) is 5.69 Å². The monoisotopic (exact) mass is 276 g/mol. The Hall–Kier alpha value is -1.55. The molecule has 0 bridgehead atoms. The molecule has 1 aliphatic heterocycles. The van der Waals surface area contributed by atoms with E-state index < -0.39 is 5.60 Å². The number of carbonyl (C=O) groups excluding carboxylic acids is 1. The van der Waals surface area contributed by atoms with Gasteiger partial charge in [-0.05, 0) is 51.7 Å². The summed E-state index contributed by atoms with van der Waals surface area (Å²) in [5, 5.41) is 0. The fourth-order valence-corrected chi connectivity index (χ4v) is 2.55. The summed E-state index contributed by atoms with van der Waals surface area (Å²) in [4.78, 5) is 14.2. The zero-order chi connectivity index (χ0) is 14.9. The molecular weight excluding hydrogens is 252 g/mol. The van der Waals surface area contributed by atoms with Gasteiger partial charge in [-0.1, -0.05) is 18.2 Å². The molecule has 1 aliphatic rings. The number of rotatable bonds is 1. The minimum Gasteiger partial charge on any atom is -0.443 e. The molecule has 2 N–H and O–H groups in total. The SMILES string of the molecule is C[C@H](N)c1cccc2c1N(C(=O)OC(C)(C)C)CCC2. The summed E-state index contributed by atoms with van der Waals surface area (Å²) in [6.07, 6.45) is 1.65. The molecule has 0 saturated carbocycles. The molecule has 2 rings (SSSR count). The van der Waals surface area contributed by atoms with E-state index in [-0.39, 0.29) is 12.1 Å². The van der Waals surface area contributed by atoms with Crippen LogP contribution in [0.1, 0.15) is 51.3 Å². The van der Waals surface area contributed by atoms with E-state index in [1.807, 2.05) is 39.8 Å². The molecule has 4 heteroatoms. The lowest BCUT2D eigenvalue weighted by Crippen LogP contribution is -2.40. The minimum absolute atomic E-state index is 0.104. The molecule has 110 valence electrons. The lowest BCUT2D eigenvalue weighted by atomic mass is 9.95. The maximum atomic E-state index is 12.4. The van der Waals surface area contributed by atoms with Crippen LogP contribution in [-0.4, -0.2) is 18.2 Å². The number of anilines is 1. The predicted molar refractivity (Wildman–Crippen MR) is 80.9 cm³/mol. The third kappa shape index (κ3) is 3.12. The zero-order valence-corrected chi connectivity index (χ0v) is 12.8. The average molecular weight is 276 g/mol. The van der Waals surface area contributed by atoms with Gasteiger partial charge >= 0.3 is 6.09 Å². The van der Waals surface area contributed by atoms with Crippen molar-refractivity contribution in [2.75, 3.05) is 11.4 Å². The summed E-state index contributed by atoms with van der Waals surface area (Å²) in [6.45, 7) is 8.27. The molecule has 0 saturated heterocycles. The Morgan fingerprint density at radius 3 is 2.70 bits per heavy atom. The van der Waals surface area contributed by atoms with Gasteiger partial charge in [-0.3, -0.25) is 4.90 Å². The predicted octanol–water partition coefficient (Wildman–Crippen LogP) is 3.39. The summed E-state index contributed by atoms with van der Waals surface area (Å²) < 4.78 is 5.51. The molecule has 1 aromatic rings. The Morgan fingerprint density at radius 1 is 1.40 bits per heavy atom. The lowest BCUT2D eigenvalue weighted by molar-refractivity contribution is 0.0577. The largest absolute Gasteiger partial charge is 0.443 e. The highest BCUT2D eigenvalue weighted by Crippen LogP contribution is 2.34. The van der Waals surface area contributed by atoms with Crippen LogP contribution < -0.4 is 10.6 Å². The van der Waals surface area contributed by atoms with E-state index in [2.05, 4.69) is 6.07 Å². The van der Waals surface area contributed by atoms with E-state index in [0.717, 1.165) is 24.1 Å². The number of amides is 1. The van der Waals surface area contributed by atoms with Crippen molar-refractivity contribution in [3.63, 3.8) is 0 Å². The van der Waals surface area contributed by atoms with Crippen molar-refractivity contribution < 1.29 is 9.53 Å². The standard InChI is InChI=1S/C16H24N2O2/c1-11(17)13-9-5-7-12-8-6-10-18(14(12)13)15(19)20-16(2,3)4/h5,7,9,11H,6,8,10,17H2,1-4H3/t11-/m0/s1. The molecular formula is C16H24N2O2. The van der Waals surface area contributed by atoms with Crippen molar-refractivity contribution in [3.05, 3.63) is 29.3 Å². The second kappa shape index (κ2) is 5.44. The number of aryl methyl sites for hydroxylation is 1. The van der Waals surface area contributed by atoms with Crippen molar-refractivity contribution in [3.8, 4) is 0 Å². The normalized spacial score (nSPS) is 16.6. The van der Waals surface area contributed by atoms with Crippen LogP contribution in [-0.2, 0) is 11.2 Å². The van der Waals surface area contributed by atoms with Crippen molar-refractivity contribution >= 4 is 11.8 Å². The van der Waals surface area contributed by atoms with E-state index in [0.29, 0.717) is 6.54 Å². The third-order valence-electron chi connectivity index (χ3n) is 3.35. The molecule has 0 spiro atoms. The zero-order valence-electron chi connectivity index (χ0n) is 12.8. The molecule has 0 unspecified atom stereocenters. The van der Waals surface area contributed by atoms with Gasteiger partial charge in [-0.15, -0.1) is 0 Å². The number of fused-ring (bicyclic) bond motifs is 1. The van der Waals surface area contributed by atoms with E-state index in [1.54, 1.807) is 4.90 Å². The molecule has 0 fully saturated rings. The molecule has 1 aromatic carbocycles. The Labute approximate surface area is 120 Å². The molecule has 0 radical (unpaired) electrons. The summed E-state index contributed by atoms with van der Waals surface area (Å²) in [7, 11) is 0. The van der Waals surface area contributed by atoms with Crippen molar-refractivity contribution in [2.45, 2.75) is 52.2 Å². The summed E-state index contributed by atoms with van der Waals surface area (Å²) in [5.41, 5.74) is 8.69. The highest BCUT2D eigenvalue weighted by molar-refractivity contribution is 5.90. The quantitative estimate of drug-likeness (QED) is 0.855. The van der Waals surface area contributed by atoms with Crippen LogP contribution in [0, 0.1) is 0 Å². The third-order valence-corrected chi connectivity index (χ3v) is 3.35. The van der Waals surface area contributed by atoms with Crippen molar-refractivity contribution in [1.29, 1.82) is 0 Å². The van der Waals surface area contributed by atoms with Crippen molar-refractivity contribution in [1.82, 2.24) is 0 Å². The maximum Gasteiger partial charge on any atom is 0.414 e. The van der Waals surface area contributed by atoms with Gasteiger partial charge < -0.3 is 10.5 Å². The van der Waals surface area contributed by atoms with E-state index in [9.17, 15) is 4.79 Å². The number of hydrogen-bond acceptors (Lipinski definition) is 3. The summed E-state index contributed by atoms with van der Waals surface area (Å²) in [6, 6.07) is 5.97. The topological polar surface area (TPSA) is 55.6 Å². The van der Waals surface area contributed by atoms with Gasteiger partial charge in [0.15, 0.2) is 0 Å². The number of ether oxygens (including phenoxy) is 1. The van der Waals surface area contributed by atoms with Gasteiger partial charge in [-0.2, -0.15) is 0 Å². The van der Waals surface area contributed by atoms with Crippen LogP contribution in [0.5, 0.6) is 0 Å². The van der Waals surface area contributed by atoms with Gasteiger partial charge in [-0.25, -0.2) is 4.79 Å². The summed E-state index contributed by atoms with van der Waals surface area (Å²) in [5.74, 6) is 0. The van der Waals surface area contributed by atoms with E-state index in [4.69, 9.17) is 10.5 Å². The highest BCUT2D eigenvalue weighted by Gasteiger charge is 2.29. The van der Waals surface area contributed by atoms with Crippen LogP contribution >= 0.6 is 0 Å². The highest BCUT2D eigenvalue weighted by atomic mass is 16.6. The molecule has 0 aliphatic carbocycles. The Bertz CT molecular complexity index is 504. The number of benzene rings is 1. The molecule has 1 heterocycles. The number of hydrogen-bond donors (Lipinski definition) is 1. The first-order valence-corrected chi connectivity index (χ1v) is 7.17. The van der Waals surface area contributed by atoms with Crippen LogP contribution in [0.2, 0.25) is 0 Å². The lowest BCUT2D eigenvalue weighted by Gasteiger charge is -2.34. The smallest absolute Gasteiger partial charge is 0.414 e. The van der Waals surface area contributed by atoms with Crippen LogP contribution in [0.25, 0.3) is 0 Å². The summed E-state index contributed by atoms with van der Waals surface area (Å²) >= 11 is 0. The fourth-order valence-electron chi connectivity index (χ4n) is 2.55. The van der Waals surface area contributed by atoms with Crippen LogP contribution in [0.4, 0.5) is 10.5 Å². The molecule has 1 amide bonds. The number of nitrogens with zero attached hydrogens (tertiary/aromatic N) is 1. The minimum atomic E-state index is -0.488. The number of carbonyl (C=O) groups is 1. The first-order valence-electron chi connectivity index (χ1n) is 7.17. The van der Waals surface area contributed by atoms with Gasteiger partial charge in [0.1, 0.15) is 5.60 Å².